The summed E-state index contributed by atoms with van der Waals surface area (Å²) in [5, 5.41) is 4.15. The van der Waals surface area contributed by atoms with Crippen molar-refractivity contribution in [3.8, 4) is 28.3 Å². The second-order valence-corrected chi connectivity index (χ2v) is 5.24. The highest BCUT2D eigenvalue weighted by Gasteiger charge is 2.12. The predicted molar refractivity (Wildman–Crippen MR) is 89.4 cm³/mol. The SMILES string of the molecule is COc1ccc(-c2cc(-c3ccccc3COC(C)=O)no2)cc1. The molecule has 0 fully saturated rings. The Morgan fingerprint density at radius 2 is 1.88 bits per heavy atom. The van der Waals surface area contributed by atoms with E-state index in [1.807, 2.05) is 54.6 Å². The molecule has 2 aromatic carbocycles. The van der Waals surface area contributed by atoms with Crippen molar-refractivity contribution in [3.63, 3.8) is 0 Å². The lowest BCUT2D eigenvalue weighted by Crippen LogP contribution is -2.00. The van der Waals surface area contributed by atoms with Gasteiger partial charge in [-0.2, -0.15) is 0 Å². The van der Waals surface area contributed by atoms with E-state index in [4.69, 9.17) is 14.0 Å². The van der Waals surface area contributed by atoms with E-state index in [2.05, 4.69) is 5.16 Å². The zero-order chi connectivity index (χ0) is 16.9. The molecule has 3 aromatic rings. The maximum Gasteiger partial charge on any atom is 0.302 e. The van der Waals surface area contributed by atoms with Crippen LogP contribution in [0.4, 0.5) is 0 Å². The van der Waals surface area contributed by atoms with Gasteiger partial charge < -0.3 is 14.0 Å². The summed E-state index contributed by atoms with van der Waals surface area (Å²) in [5.41, 5.74) is 3.36. The molecule has 1 heterocycles. The standard InChI is InChI=1S/C19H17NO4/c1-13(21)23-12-15-5-3-4-6-17(15)18-11-19(24-20-18)14-7-9-16(22-2)10-8-14/h3-11H,12H2,1-2H3. The second-order valence-electron chi connectivity index (χ2n) is 5.24. The molecule has 5 heteroatoms. The van der Waals surface area contributed by atoms with Crippen LogP contribution in [0.1, 0.15) is 12.5 Å². The molecule has 0 unspecified atom stereocenters. The van der Waals surface area contributed by atoms with Crippen molar-refractivity contribution in [1.29, 1.82) is 0 Å². The third kappa shape index (κ3) is 3.46. The molecule has 0 aliphatic rings. The highest BCUT2D eigenvalue weighted by atomic mass is 16.5. The van der Waals surface area contributed by atoms with Gasteiger partial charge in [0, 0.05) is 24.1 Å². The predicted octanol–water partition coefficient (Wildman–Crippen LogP) is 4.08. The van der Waals surface area contributed by atoms with Crippen molar-refractivity contribution in [2.45, 2.75) is 13.5 Å². The first kappa shape index (κ1) is 15.8. The largest absolute Gasteiger partial charge is 0.497 e. The van der Waals surface area contributed by atoms with Crippen molar-refractivity contribution in [3.05, 3.63) is 60.2 Å². The third-order valence-corrected chi connectivity index (χ3v) is 3.61. The van der Waals surface area contributed by atoms with Gasteiger partial charge in [-0.05, 0) is 29.8 Å². The van der Waals surface area contributed by atoms with E-state index in [1.54, 1.807) is 7.11 Å². The lowest BCUT2D eigenvalue weighted by Gasteiger charge is -2.06. The molecule has 3 rings (SSSR count). The summed E-state index contributed by atoms with van der Waals surface area (Å²) in [6.45, 7) is 1.59. The zero-order valence-corrected chi connectivity index (χ0v) is 13.5. The van der Waals surface area contributed by atoms with Crippen molar-refractivity contribution < 1.29 is 18.8 Å². The number of hydrogen-bond donors (Lipinski definition) is 0. The van der Waals surface area contributed by atoms with Crippen molar-refractivity contribution in [2.75, 3.05) is 7.11 Å². The normalized spacial score (nSPS) is 10.4. The summed E-state index contributed by atoms with van der Waals surface area (Å²) in [6, 6.07) is 17.1. The molecule has 24 heavy (non-hydrogen) atoms. The summed E-state index contributed by atoms with van der Waals surface area (Å²) in [5.74, 6) is 1.13. The lowest BCUT2D eigenvalue weighted by molar-refractivity contribution is -0.142. The number of rotatable bonds is 5. The second kappa shape index (κ2) is 7.00. The quantitative estimate of drug-likeness (QED) is 0.662. The van der Waals surface area contributed by atoms with Gasteiger partial charge in [-0.25, -0.2) is 0 Å². The maximum absolute atomic E-state index is 11.0. The smallest absolute Gasteiger partial charge is 0.302 e. The van der Waals surface area contributed by atoms with E-state index in [1.165, 1.54) is 6.92 Å². The number of aromatic nitrogens is 1. The van der Waals surface area contributed by atoms with E-state index in [0.717, 1.165) is 22.4 Å². The van der Waals surface area contributed by atoms with Gasteiger partial charge in [0.1, 0.15) is 18.1 Å². The van der Waals surface area contributed by atoms with Crippen LogP contribution in [-0.2, 0) is 16.1 Å². The van der Waals surface area contributed by atoms with Gasteiger partial charge in [-0.3, -0.25) is 4.79 Å². The third-order valence-electron chi connectivity index (χ3n) is 3.61. The molecular formula is C19H17NO4. The Morgan fingerprint density at radius 1 is 1.12 bits per heavy atom. The zero-order valence-electron chi connectivity index (χ0n) is 13.5. The molecule has 5 nitrogen and oxygen atoms in total. The first-order chi connectivity index (χ1) is 11.7. The lowest BCUT2D eigenvalue weighted by atomic mass is 10.0. The molecule has 0 N–H and O–H groups in total. The molecule has 0 aliphatic heterocycles. The van der Waals surface area contributed by atoms with Crippen LogP contribution in [-0.4, -0.2) is 18.2 Å². The number of esters is 1. The fourth-order valence-corrected chi connectivity index (χ4v) is 2.37. The van der Waals surface area contributed by atoms with Crippen LogP contribution in [0.15, 0.2) is 59.1 Å². The minimum Gasteiger partial charge on any atom is -0.497 e. The van der Waals surface area contributed by atoms with Crippen LogP contribution in [0.25, 0.3) is 22.6 Å². The molecule has 0 aliphatic carbocycles. The molecular weight excluding hydrogens is 306 g/mol. The maximum atomic E-state index is 11.0. The Kier molecular flexibility index (Phi) is 4.61. The Bertz CT molecular complexity index is 837. The van der Waals surface area contributed by atoms with Gasteiger partial charge in [-0.15, -0.1) is 0 Å². The first-order valence-electron chi connectivity index (χ1n) is 7.50. The summed E-state index contributed by atoms with van der Waals surface area (Å²) < 4.78 is 15.7. The Morgan fingerprint density at radius 3 is 2.58 bits per heavy atom. The summed E-state index contributed by atoms with van der Waals surface area (Å²) in [7, 11) is 1.63. The number of benzene rings is 2. The first-order valence-corrected chi connectivity index (χ1v) is 7.50. The highest BCUT2D eigenvalue weighted by molar-refractivity contribution is 5.70. The molecule has 1 aromatic heterocycles. The number of hydrogen-bond acceptors (Lipinski definition) is 5. The summed E-state index contributed by atoms with van der Waals surface area (Å²) in [6.07, 6.45) is 0. The molecule has 0 amide bonds. The van der Waals surface area contributed by atoms with Gasteiger partial charge >= 0.3 is 5.97 Å². The van der Waals surface area contributed by atoms with Gasteiger partial charge in [0.25, 0.3) is 0 Å². The number of methoxy groups -OCH3 is 1. The molecule has 0 atom stereocenters. The molecule has 0 bridgehead atoms. The minimum atomic E-state index is -0.316. The summed E-state index contributed by atoms with van der Waals surface area (Å²) >= 11 is 0. The molecule has 0 saturated heterocycles. The van der Waals surface area contributed by atoms with Crippen LogP contribution in [0.3, 0.4) is 0 Å². The summed E-state index contributed by atoms with van der Waals surface area (Å²) in [4.78, 5) is 11.0. The Hall–Kier alpha value is -3.08. The van der Waals surface area contributed by atoms with E-state index < -0.39 is 0 Å². The fraction of sp³-hybridized carbons (Fsp3) is 0.158. The van der Waals surface area contributed by atoms with Gasteiger partial charge in [0.2, 0.25) is 0 Å². The van der Waals surface area contributed by atoms with Crippen molar-refractivity contribution in [2.24, 2.45) is 0 Å². The van der Waals surface area contributed by atoms with Gasteiger partial charge in [0.15, 0.2) is 5.76 Å². The van der Waals surface area contributed by atoms with Gasteiger partial charge in [-0.1, -0.05) is 29.4 Å². The van der Waals surface area contributed by atoms with E-state index >= 15 is 0 Å². The number of nitrogens with zero attached hydrogens (tertiary/aromatic N) is 1. The Balaban J connectivity index is 1.88. The monoisotopic (exact) mass is 323 g/mol. The van der Waals surface area contributed by atoms with Crippen LogP contribution in [0, 0.1) is 0 Å². The van der Waals surface area contributed by atoms with Crippen LogP contribution >= 0.6 is 0 Å². The molecule has 0 spiro atoms. The van der Waals surface area contributed by atoms with E-state index in [-0.39, 0.29) is 12.6 Å². The number of carbonyl (C=O) groups is 1. The van der Waals surface area contributed by atoms with Crippen molar-refractivity contribution in [1.82, 2.24) is 5.16 Å². The van der Waals surface area contributed by atoms with Gasteiger partial charge in [0.05, 0.1) is 7.11 Å². The van der Waals surface area contributed by atoms with E-state index in [0.29, 0.717) is 11.5 Å². The molecule has 122 valence electrons. The number of ether oxygens (including phenoxy) is 2. The Labute approximate surface area is 139 Å². The topological polar surface area (TPSA) is 61.6 Å². The van der Waals surface area contributed by atoms with Crippen LogP contribution in [0.5, 0.6) is 5.75 Å². The number of carbonyl (C=O) groups excluding carboxylic acids is 1. The average molecular weight is 323 g/mol. The highest BCUT2D eigenvalue weighted by Crippen LogP contribution is 2.29. The minimum absolute atomic E-state index is 0.205. The average Bonchev–Trinajstić information content (AvgIpc) is 3.10. The fourth-order valence-electron chi connectivity index (χ4n) is 2.37. The van der Waals surface area contributed by atoms with Crippen LogP contribution < -0.4 is 4.74 Å². The van der Waals surface area contributed by atoms with Crippen molar-refractivity contribution >= 4 is 5.97 Å². The van der Waals surface area contributed by atoms with E-state index in [9.17, 15) is 4.79 Å². The van der Waals surface area contributed by atoms with Crippen LogP contribution in [0.2, 0.25) is 0 Å². The molecule has 0 saturated carbocycles. The molecule has 0 radical (unpaired) electrons.